The van der Waals surface area contributed by atoms with Crippen LogP contribution in [0.3, 0.4) is 0 Å². The van der Waals surface area contributed by atoms with Gasteiger partial charge in [0, 0.05) is 16.9 Å². The third-order valence-corrected chi connectivity index (χ3v) is 11.7. The zero-order valence-corrected chi connectivity index (χ0v) is 29.7. The highest BCUT2D eigenvalue weighted by atomic mass is 15.1. The van der Waals surface area contributed by atoms with E-state index in [4.69, 9.17) is 0 Å². The Balaban J connectivity index is 1.20. The van der Waals surface area contributed by atoms with Gasteiger partial charge in [0.05, 0.1) is 11.1 Å². The van der Waals surface area contributed by atoms with Crippen molar-refractivity contribution in [3.8, 4) is 44.5 Å². The fraction of sp³-hybridized carbons (Fsp3) is 0.0189. The number of benzene rings is 9. The van der Waals surface area contributed by atoms with Crippen molar-refractivity contribution in [3.05, 3.63) is 235 Å². The molecule has 0 heterocycles. The molecule has 0 spiro atoms. The molecule has 0 saturated carbocycles. The van der Waals surface area contributed by atoms with Crippen LogP contribution in [0.2, 0.25) is 0 Å². The number of rotatable bonds is 6. The summed E-state index contributed by atoms with van der Waals surface area (Å²) in [5.41, 5.74) is 18.3. The molecule has 1 atom stereocenters. The summed E-state index contributed by atoms with van der Waals surface area (Å²) in [4.78, 5) is 2.45. The third-order valence-electron chi connectivity index (χ3n) is 11.7. The van der Waals surface area contributed by atoms with Crippen molar-refractivity contribution in [1.82, 2.24) is 0 Å². The molecule has 0 saturated heterocycles. The van der Waals surface area contributed by atoms with Crippen molar-refractivity contribution in [2.24, 2.45) is 0 Å². The molecular formula is C53H35N. The molecule has 0 radical (unpaired) electrons. The molecule has 1 unspecified atom stereocenters. The molecule has 252 valence electrons. The minimum atomic E-state index is -0.445. The molecule has 0 aliphatic heterocycles. The first-order valence-corrected chi connectivity index (χ1v) is 18.8. The van der Waals surface area contributed by atoms with Gasteiger partial charge in [-0.05, 0) is 102 Å². The van der Waals surface area contributed by atoms with Crippen molar-refractivity contribution in [1.29, 1.82) is 0 Å². The van der Waals surface area contributed by atoms with Crippen LogP contribution in [0.5, 0.6) is 0 Å². The van der Waals surface area contributed by atoms with Crippen molar-refractivity contribution < 1.29 is 0 Å². The van der Waals surface area contributed by atoms with Crippen LogP contribution in [0.25, 0.3) is 55.3 Å². The van der Waals surface area contributed by atoms with E-state index < -0.39 is 5.41 Å². The second-order valence-corrected chi connectivity index (χ2v) is 14.4. The van der Waals surface area contributed by atoms with E-state index in [2.05, 4.69) is 217 Å². The first-order valence-electron chi connectivity index (χ1n) is 18.8. The maximum Gasteiger partial charge on any atom is 0.0725 e. The van der Waals surface area contributed by atoms with E-state index in [0.717, 1.165) is 17.1 Å². The number of para-hydroxylation sites is 1. The number of fused-ring (bicyclic) bond motifs is 6. The van der Waals surface area contributed by atoms with Gasteiger partial charge in [0.25, 0.3) is 0 Å². The van der Waals surface area contributed by atoms with Crippen LogP contribution in [0.4, 0.5) is 17.1 Å². The lowest BCUT2D eigenvalue weighted by molar-refractivity contribution is 0.773. The second-order valence-electron chi connectivity index (χ2n) is 14.4. The highest BCUT2D eigenvalue weighted by molar-refractivity contribution is 6.11. The summed E-state index contributed by atoms with van der Waals surface area (Å²) in [6, 6.07) is 78.2. The van der Waals surface area contributed by atoms with E-state index in [-0.39, 0.29) is 0 Å². The normalized spacial score (nSPS) is 14.7. The minimum Gasteiger partial charge on any atom is -0.310 e. The molecule has 11 rings (SSSR count). The smallest absolute Gasteiger partial charge is 0.0725 e. The van der Waals surface area contributed by atoms with Gasteiger partial charge in [-0.25, -0.2) is 0 Å². The SMILES string of the molecule is c1ccc(-c2ccc(N(c3ccc4c(c3)-c3cccc5ccc6c(c35)C4(c3ccccc3)c3ccccc3-6)c3ccccc3-c3ccccc3)cc2)cc1. The average molecular weight is 686 g/mol. The second kappa shape index (κ2) is 12.0. The molecular weight excluding hydrogens is 651 g/mol. The van der Waals surface area contributed by atoms with E-state index >= 15 is 0 Å². The van der Waals surface area contributed by atoms with Crippen LogP contribution in [0.1, 0.15) is 22.3 Å². The highest BCUT2D eigenvalue weighted by Crippen LogP contribution is 2.63. The molecule has 1 heteroatoms. The fourth-order valence-electron chi connectivity index (χ4n) is 9.43. The Morgan fingerprint density at radius 3 is 1.70 bits per heavy atom. The van der Waals surface area contributed by atoms with Crippen LogP contribution >= 0.6 is 0 Å². The van der Waals surface area contributed by atoms with Crippen LogP contribution < -0.4 is 4.90 Å². The zero-order valence-electron chi connectivity index (χ0n) is 29.7. The van der Waals surface area contributed by atoms with E-state index in [9.17, 15) is 0 Å². The summed E-state index contributed by atoms with van der Waals surface area (Å²) < 4.78 is 0. The van der Waals surface area contributed by atoms with Crippen LogP contribution in [-0.2, 0) is 5.41 Å². The Hall–Kier alpha value is -6.96. The lowest BCUT2D eigenvalue weighted by Gasteiger charge is -2.40. The molecule has 1 nitrogen and oxygen atoms in total. The van der Waals surface area contributed by atoms with Crippen molar-refractivity contribution in [3.63, 3.8) is 0 Å². The summed E-state index contributed by atoms with van der Waals surface area (Å²) >= 11 is 0. The lowest BCUT2D eigenvalue weighted by Crippen LogP contribution is -2.31. The van der Waals surface area contributed by atoms with E-state index in [1.165, 1.54) is 77.5 Å². The molecule has 0 bridgehead atoms. The Kier molecular flexibility index (Phi) is 6.84. The number of anilines is 3. The summed E-state index contributed by atoms with van der Waals surface area (Å²) in [5, 5.41) is 2.63. The van der Waals surface area contributed by atoms with Gasteiger partial charge in [-0.1, -0.05) is 182 Å². The van der Waals surface area contributed by atoms with Gasteiger partial charge in [0.15, 0.2) is 0 Å². The highest BCUT2D eigenvalue weighted by Gasteiger charge is 2.50. The largest absolute Gasteiger partial charge is 0.310 e. The molecule has 2 aliphatic rings. The zero-order chi connectivity index (χ0) is 35.6. The lowest BCUT2D eigenvalue weighted by atomic mass is 9.62. The molecule has 2 aliphatic carbocycles. The van der Waals surface area contributed by atoms with Gasteiger partial charge in [-0.3, -0.25) is 0 Å². The van der Waals surface area contributed by atoms with Crippen molar-refractivity contribution in [2.75, 3.05) is 4.90 Å². The Morgan fingerprint density at radius 1 is 0.333 bits per heavy atom. The predicted octanol–water partition coefficient (Wildman–Crippen LogP) is 14.0. The van der Waals surface area contributed by atoms with Gasteiger partial charge >= 0.3 is 0 Å². The Labute approximate surface area is 316 Å². The van der Waals surface area contributed by atoms with Gasteiger partial charge in [0.1, 0.15) is 0 Å². The van der Waals surface area contributed by atoms with Gasteiger partial charge in [-0.15, -0.1) is 0 Å². The van der Waals surface area contributed by atoms with Gasteiger partial charge in [0.2, 0.25) is 0 Å². The number of hydrogen-bond donors (Lipinski definition) is 0. The van der Waals surface area contributed by atoms with Gasteiger partial charge in [-0.2, -0.15) is 0 Å². The number of hydrogen-bond acceptors (Lipinski definition) is 1. The average Bonchev–Trinajstić information content (AvgIpc) is 3.57. The first kappa shape index (κ1) is 30.6. The topological polar surface area (TPSA) is 3.24 Å². The van der Waals surface area contributed by atoms with E-state index in [1.54, 1.807) is 0 Å². The number of nitrogens with zero attached hydrogens (tertiary/aromatic N) is 1. The van der Waals surface area contributed by atoms with Crippen molar-refractivity contribution in [2.45, 2.75) is 5.41 Å². The fourth-order valence-corrected chi connectivity index (χ4v) is 9.43. The summed E-state index contributed by atoms with van der Waals surface area (Å²) in [6.45, 7) is 0. The molecule has 9 aromatic carbocycles. The maximum absolute atomic E-state index is 2.46. The minimum absolute atomic E-state index is 0.445. The first-order chi connectivity index (χ1) is 26.8. The van der Waals surface area contributed by atoms with Crippen LogP contribution in [0, 0.1) is 0 Å². The third kappa shape index (κ3) is 4.39. The molecule has 0 aromatic heterocycles. The monoisotopic (exact) mass is 685 g/mol. The standard InChI is InChI=1S/C53H35N/c1-4-15-36(16-5-1)37-27-30-41(31-28-37)54(50-26-13-11-22-43(50)38-17-6-2-7-18-38)42-32-34-49-47(35-42)45-24-14-19-39-29-33-46-44-23-10-12-25-48(44)53(49,52(46)51(39)45)40-20-8-3-9-21-40/h1-35H. The van der Waals surface area contributed by atoms with Crippen LogP contribution in [0.15, 0.2) is 212 Å². The van der Waals surface area contributed by atoms with Crippen molar-refractivity contribution >= 4 is 27.8 Å². The predicted molar refractivity (Wildman–Crippen MR) is 226 cm³/mol. The van der Waals surface area contributed by atoms with Crippen LogP contribution in [-0.4, -0.2) is 0 Å². The molecule has 54 heavy (non-hydrogen) atoms. The summed E-state index contributed by atoms with van der Waals surface area (Å²) in [7, 11) is 0. The summed E-state index contributed by atoms with van der Waals surface area (Å²) in [5.74, 6) is 0. The van der Waals surface area contributed by atoms with E-state index in [1.807, 2.05) is 0 Å². The molecule has 9 aromatic rings. The Bertz CT molecular complexity index is 2860. The maximum atomic E-state index is 2.46. The quantitative estimate of drug-likeness (QED) is 0.168. The Morgan fingerprint density at radius 2 is 0.926 bits per heavy atom. The molecule has 0 fully saturated rings. The van der Waals surface area contributed by atoms with E-state index in [0.29, 0.717) is 0 Å². The van der Waals surface area contributed by atoms with Gasteiger partial charge < -0.3 is 4.90 Å². The molecule has 0 amide bonds. The molecule has 0 N–H and O–H groups in total. The summed E-state index contributed by atoms with van der Waals surface area (Å²) in [6.07, 6.45) is 0.